The Hall–Kier alpha value is -1.36. The smallest absolute Gasteiger partial charge is 0.306 e. The Bertz CT molecular complexity index is 493. The molecular weight excluding hydrogens is 264 g/mol. The summed E-state index contributed by atoms with van der Waals surface area (Å²) in [4.78, 5) is 11.1. The SMILES string of the molecule is COC(=O)CC(C)S(=O)(=O)CCCc1ccccc1. The van der Waals surface area contributed by atoms with Gasteiger partial charge in [0.05, 0.1) is 24.5 Å². The van der Waals surface area contributed by atoms with Crippen LogP contribution in [0.1, 0.15) is 25.3 Å². The Balaban J connectivity index is 2.44. The number of sulfone groups is 1. The molecule has 1 aromatic carbocycles. The number of hydrogen-bond acceptors (Lipinski definition) is 4. The third kappa shape index (κ3) is 5.42. The Morgan fingerprint density at radius 2 is 1.89 bits per heavy atom. The number of esters is 1. The van der Waals surface area contributed by atoms with E-state index in [4.69, 9.17) is 0 Å². The highest BCUT2D eigenvalue weighted by Gasteiger charge is 2.23. The zero-order valence-corrected chi connectivity index (χ0v) is 12.2. The number of carbonyl (C=O) groups excluding carboxylic acids is 1. The van der Waals surface area contributed by atoms with Gasteiger partial charge in [0.1, 0.15) is 0 Å². The van der Waals surface area contributed by atoms with E-state index >= 15 is 0 Å². The summed E-state index contributed by atoms with van der Waals surface area (Å²) < 4.78 is 28.4. The summed E-state index contributed by atoms with van der Waals surface area (Å²) in [7, 11) is -1.98. The van der Waals surface area contributed by atoms with Crippen LogP contribution in [-0.4, -0.2) is 32.5 Å². The van der Waals surface area contributed by atoms with Gasteiger partial charge in [-0.1, -0.05) is 30.3 Å². The zero-order valence-electron chi connectivity index (χ0n) is 11.3. The Morgan fingerprint density at radius 3 is 2.47 bits per heavy atom. The van der Waals surface area contributed by atoms with Gasteiger partial charge in [-0.15, -0.1) is 0 Å². The molecule has 0 aliphatic heterocycles. The molecule has 0 N–H and O–H groups in total. The van der Waals surface area contributed by atoms with Crippen molar-refractivity contribution in [2.75, 3.05) is 12.9 Å². The minimum atomic E-state index is -3.24. The maximum absolute atomic E-state index is 12.0. The topological polar surface area (TPSA) is 60.4 Å². The molecule has 0 aliphatic rings. The number of ether oxygens (including phenoxy) is 1. The van der Waals surface area contributed by atoms with Crippen molar-refractivity contribution >= 4 is 15.8 Å². The minimum absolute atomic E-state index is 0.0792. The van der Waals surface area contributed by atoms with Gasteiger partial charge in [-0.3, -0.25) is 4.79 Å². The molecule has 0 amide bonds. The molecular formula is C14H20O4S. The first-order valence-corrected chi connectivity index (χ1v) is 7.99. The third-order valence-electron chi connectivity index (χ3n) is 3.03. The van der Waals surface area contributed by atoms with Gasteiger partial charge in [-0.05, 0) is 25.3 Å². The maximum Gasteiger partial charge on any atom is 0.306 e. The Morgan fingerprint density at radius 1 is 1.26 bits per heavy atom. The second-order valence-electron chi connectivity index (χ2n) is 4.55. The Labute approximate surface area is 114 Å². The molecule has 1 aromatic rings. The van der Waals surface area contributed by atoms with Gasteiger partial charge in [-0.2, -0.15) is 0 Å². The first-order valence-electron chi connectivity index (χ1n) is 6.28. The second kappa shape index (κ2) is 7.28. The van der Waals surface area contributed by atoms with E-state index < -0.39 is 21.1 Å². The Kier molecular flexibility index (Phi) is 6.02. The lowest BCUT2D eigenvalue weighted by molar-refractivity contribution is -0.140. The van der Waals surface area contributed by atoms with Gasteiger partial charge in [-0.25, -0.2) is 8.42 Å². The van der Waals surface area contributed by atoms with E-state index in [0.29, 0.717) is 6.42 Å². The number of aryl methyl sites for hydroxylation is 1. The van der Waals surface area contributed by atoms with Crippen LogP contribution in [0.15, 0.2) is 30.3 Å². The van der Waals surface area contributed by atoms with Crippen LogP contribution in [0, 0.1) is 0 Å². The highest BCUT2D eigenvalue weighted by Crippen LogP contribution is 2.11. The molecule has 0 saturated carbocycles. The molecule has 106 valence electrons. The summed E-state index contributed by atoms with van der Waals surface area (Å²) in [5, 5.41) is -0.685. The van der Waals surface area contributed by atoms with Crippen LogP contribution in [-0.2, 0) is 25.8 Å². The van der Waals surface area contributed by atoms with Gasteiger partial charge in [0.2, 0.25) is 0 Å². The number of methoxy groups -OCH3 is 1. The fraction of sp³-hybridized carbons (Fsp3) is 0.500. The monoisotopic (exact) mass is 284 g/mol. The number of rotatable bonds is 7. The third-order valence-corrected chi connectivity index (χ3v) is 5.28. The maximum atomic E-state index is 12.0. The van der Waals surface area contributed by atoms with Gasteiger partial charge in [0, 0.05) is 0 Å². The molecule has 0 fully saturated rings. The van der Waals surface area contributed by atoms with Gasteiger partial charge >= 0.3 is 5.97 Å². The van der Waals surface area contributed by atoms with E-state index in [1.807, 2.05) is 30.3 Å². The number of benzene rings is 1. The average molecular weight is 284 g/mol. The average Bonchev–Trinajstić information content (AvgIpc) is 2.39. The summed E-state index contributed by atoms with van der Waals surface area (Å²) in [5.74, 6) is -0.390. The van der Waals surface area contributed by atoms with E-state index in [1.54, 1.807) is 6.92 Å². The lowest BCUT2D eigenvalue weighted by Gasteiger charge is -2.11. The normalized spacial score (nSPS) is 12.9. The quantitative estimate of drug-likeness (QED) is 0.718. The molecule has 0 heterocycles. The van der Waals surface area contributed by atoms with Crippen LogP contribution in [0.5, 0.6) is 0 Å². The van der Waals surface area contributed by atoms with Gasteiger partial charge in [0.25, 0.3) is 0 Å². The van der Waals surface area contributed by atoms with Crippen LogP contribution in [0.3, 0.4) is 0 Å². The first kappa shape index (κ1) is 15.7. The molecule has 19 heavy (non-hydrogen) atoms. The molecule has 0 saturated heterocycles. The molecule has 0 aliphatic carbocycles. The van der Waals surface area contributed by atoms with Crippen molar-refractivity contribution in [2.45, 2.75) is 31.4 Å². The van der Waals surface area contributed by atoms with Crippen LogP contribution in [0.2, 0.25) is 0 Å². The second-order valence-corrected chi connectivity index (χ2v) is 7.09. The highest BCUT2D eigenvalue weighted by atomic mass is 32.2. The summed E-state index contributed by atoms with van der Waals surface area (Å²) in [6, 6.07) is 9.75. The van der Waals surface area contributed by atoms with E-state index in [2.05, 4.69) is 4.74 Å². The number of hydrogen-bond donors (Lipinski definition) is 0. The predicted octanol–water partition coefficient (Wildman–Crippen LogP) is 1.99. The summed E-state index contributed by atoms with van der Waals surface area (Å²) in [5.41, 5.74) is 1.12. The predicted molar refractivity (Wildman–Crippen MR) is 74.6 cm³/mol. The van der Waals surface area contributed by atoms with Crippen molar-refractivity contribution in [1.82, 2.24) is 0 Å². The van der Waals surface area contributed by atoms with Crippen molar-refractivity contribution < 1.29 is 17.9 Å². The van der Waals surface area contributed by atoms with Gasteiger partial charge in [0.15, 0.2) is 9.84 Å². The molecule has 1 atom stereocenters. The summed E-state index contributed by atoms with van der Waals surface area (Å²) in [6.07, 6.45) is 1.22. The van der Waals surface area contributed by atoms with Crippen LogP contribution in [0.25, 0.3) is 0 Å². The van der Waals surface area contributed by atoms with Crippen molar-refractivity contribution in [2.24, 2.45) is 0 Å². The standard InChI is InChI=1S/C14H20O4S/c1-12(11-14(15)18-2)19(16,17)10-6-9-13-7-4-3-5-8-13/h3-5,7-8,12H,6,9-11H2,1-2H3. The highest BCUT2D eigenvalue weighted by molar-refractivity contribution is 7.92. The summed E-state index contributed by atoms with van der Waals surface area (Å²) >= 11 is 0. The molecule has 0 spiro atoms. The van der Waals surface area contributed by atoms with Crippen molar-refractivity contribution in [3.05, 3.63) is 35.9 Å². The molecule has 1 rings (SSSR count). The molecule has 5 heteroatoms. The zero-order chi connectivity index (χ0) is 14.3. The van der Waals surface area contributed by atoms with E-state index in [0.717, 1.165) is 12.0 Å². The summed E-state index contributed by atoms with van der Waals surface area (Å²) in [6.45, 7) is 1.55. The number of carbonyl (C=O) groups is 1. The molecule has 0 radical (unpaired) electrons. The van der Waals surface area contributed by atoms with E-state index in [-0.39, 0.29) is 12.2 Å². The first-order chi connectivity index (χ1) is 8.95. The van der Waals surface area contributed by atoms with Crippen molar-refractivity contribution in [1.29, 1.82) is 0 Å². The molecule has 0 bridgehead atoms. The van der Waals surface area contributed by atoms with Crippen LogP contribution >= 0.6 is 0 Å². The fourth-order valence-electron chi connectivity index (χ4n) is 1.77. The van der Waals surface area contributed by atoms with E-state index in [9.17, 15) is 13.2 Å². The van der Waals surface area contributed by atoms with Crippen molar-refractivity contribution in [3.8, 4) is 0 Å². The fourth-order valence-corrected chi connectivity index (χ4v) is 3.11. The van der Waals surface area contributed by atoms with Crippen LogP contribution < -0.4 is 0 Å². The largest absolute Gasteiger partial charge is 0.469 e. The lowest BCUT2D eigenvalue weighted by atomic mass is 10.1. The minimum Gasteiger partial charge on any atom is -0.469 e. The molecule has 4 nitrogen and oxygen atoms in total. The van der Waals surface area contributed by atoms with Crippen LogP contribution in [0.4, 0.5) is 0 Å². The van der Waals surface area contributed by atoms with Gasteiger partial charge < -0.3 is 4.74 Å². The molecule has 0 aromatic heterocycles. The van der Waals surface area contributed by atoms with E-state index in [1.165, 1.54) is 7.11 Å². The lowest BCUT2D eigenvalue weighted by Crippen LogP contribution is -2.24. The molecule has 1 unspecified atom stereocenters. The van der Waals surface area contributed by atoms with Crippen molar-refractivity contribution in [3.63, 3.8) is 0 Å².